The molecule has 0 spiro atoms. The lowest BCUT2D eigenvalue weighted by Gasteiger charge is -2.15. The van der Waals surface area contributed by atoms with E-state index in [1.54, 1.807) is 12.2 Å². The largest absolute Gasteiger partial charge is 0.487 e. The van der Waals surface area contributed by atoms with Gasteiger partial charge in [-0.05, 0) is 62.0 Å². The molecule has 4 aromatic rings. The smallest absolute Gasteiger partial charge is 0.334 e. The number of benzene rings is 3. The molecule has 0 aliphatic heterocycles. The Hall–Kier alpha value is -3.39. The Kier molecular flexibility index (Phi) is 7.94. The van der Waals surface area contributed by atoms with E-state index < -0.39 is 24.7 Å². The van der Waals surface area contributed by atoms with E-state index >= 15 is 0 Å². The number of hydrogen-bond acceptors (Lipinski definition) is 2. The van der Waals surface area contributed by atoms with Crippen molar-refractivity contribution in [2.24, 2.45) is 0 Å². The minimum Gasteiger partial charge on any atom is -0.487 e. The van der Waals surface area contributed by atoms with Gasteiger partial charge in [-0.3, -0.25) is 0 Å². The first-order chi connectivity index (χ1) is 17.4. The van der Waals surface area contributed by atoms with Crippen molar-refractivity contribution in [3.63, 3.8) is 0 Å². The highest BCUT2D eigenvalue weighted by atomic mass is 127. The summed E-state index contributed by atoms with van der Waals surface area (Å²) in [4.78, 5) is 0. The highest BCUT2D eigenvalue weighted by Crippen LogP contribution is 2.39. The van der Waals surface area contributed by atoms with Crippen LogP contribution < -0.4 is 4.74 Å². The van der Waals surface area contributed by atoms with Crippen molar-refractivity contribution in [2.75, 3.05) is 0 Å². The van der Waals surface area contributed by atoms with Gasteiger partial charge in [0.25, 0.3) is 0 Å². The number of hydrogen-bond donors (Lipinski definition) is 0. The van der Waals surface area contributed by atoms with Gasteiger partial charge in [-0.2, -0.15) is 13.9 Å². The Morgan fingerprint density at radius 1 is 0.972 bits per heavy atom. The maximum atomic E-state index is 14.6. The molecule has 0 unspecified atom stereocenters. The zero-order valence-electron chi connectivity index (χ0n) is 20.1. The number of aromatic nitrogens is 2. The standard InChI is InChI=1S/C30H27F2IN2O/c1-5-21-11-8-9-14-27(21)24-15-17-26(18-16-24)36-20-25-19-28(30(31,32)33-4)34-35(25)29-22(6-2)12-10-13-23(29)7-3/h6-19H,2-5,20H2,1H3. The number of halogens is 3. The van der Waals surface area contributed by atoms with Crippen LogP contribution in [0, 0.1) is 0 Å². The Morgan fingerprint density at radius 2 is 1.64 bits per heavy atom. The third-order valence-electron chi connectivity index (χ3n) is 5.94. The molecule has 3 nitrogen and oxygen atoms in total. The van der Waals surface area contributed by atoms with Gasteiger partial charge in [-0.15, -0.1) is 0 Å². The lowest BCUT2D eigenvalue weighted by atomic mass is 9.98. The molecule has 0 radical (unpaired) electrons. The van der Waals surface area contributed by atoms with Gasteiger partial charge in [-0.25, -0.2) is 4.68 Å². The summed E-state index contributed by atoms with van der Waals surface area (Å²) in [5.74, 6) is 0.638. The lowest BCUT2D eigenvalue weighted by Crippen LogP contribution is -2.10. The molecule has 0 saturated carbocycles. The van der Waals surface area contributed by atoms with Crippen LogP contribution in [0.2, 0.25) is 0 Å². The van der Waals surface area contributed by atoms with E-state index in [-0.39, 0.29) is 12.3 Å². The third-order valence-corrected chi connectivity index (χ3v) is 7.45. The average Bonchev–Trinajstić information content (AvgIpc) is 3.36. The summed E-state index contributed by atoms with van der Waals surface area (Å²) in [7, 11) is 0. The van der Waals surface area contributed by atoms with Gasteiger partial charge in [0.05, 0.1) is 11.4 Å². The van der Waals surface area contributed by atoms with Crippen LogP contribution in [-0.2, 0) is 17.0 Å². The first-order valence-electron chi connectivity index (χ1n) is 11.5. The molecule has 0 N–H and O–H groups in total. The Labute approximate surface area is 220 Å². The number of rotatable bonds is 10. The van der Waals surface area contributed by atoms with E-state index in [0.29, 0.717) is 17.1 Å². The Bertz CT molecular complexity index is 1380. The van der Waals surface area contributed by atoms with Crippen LogP contribution in [0.1, 0.15) is 35.0 Å². The first kappa shape index (κ1) is 25.7. The fourth-order valence-electron chi connectivity index (χ4n) is 4.08. The molecule has 6 heteroatoms. The molecule has 0 fully saturated rings. The lowest BCUT2D eigenvalue weighted by molar-refractivity contribution is 0.121. The zero-order valence-corrected chi connectivity index (χ0v) is 22.2. The molecule has 0 amide bonds. The highest BCUT2D eigenvalue weighted by Gasteiger charge is 2.33. The molecule has 1 aromatic heterocycles. The number of nitrogens with zero attached hydrogens (tertiary/aromatic N) is 2. The molecular formula is C30H27F2IN2O. The number of aryl methyl sites for hydroxylation is 1. The molecule has 3 aromatic carbocycles. The minimum atomic E-state index is -3.05. The SMILES string of the molecule is C=Cc1cccc(C=C)c1-n1nc(C(F)(F)I=C)cc1COc1ccc(-c2ccccc2CC)cc1. The van der Waals surface area contributed by atoms with Crippen LogP contribution in [0.25, 0.3) is 29.0 Å². The van der Waals surface area contributed by atoms with Crippen LogP contribution in [0.4, 0.5) is 8.78 Å². The summed E-state index contributed by atoms with van der Waals surface area (Å²) in [5, 5.41) is 4.30. The predicted octanol–water partition coefficient (Wildman–Crippen LogP) is 8.42. The Balaban J connectivity index is 1.68. The summed E-state index contributed by atoms with van der Waals surface area (Å²) < 4.78 is 37.2. The van der Waals surface area contributed by atoms with Gasteiger partial charge in [0, 0.05) is 11.1 Å². The van der Waals surface area contributed by atoms with Crippen molar-refractivity contribution < 1.29 is 13.5 Å². The second-order valence-corrected chi connectivity index (χ2v) is 10.2. The van der Waals surface area contributed by atoms with Crippen LogP contribution in [0.15, 0.2) is 86.0 Å². The van der Waals surface area contributed by atoms with Crippen molar-refractivity contribution in [1.29, 1.82) is 0 Å². The topological polar surface area (TPSA) is 27.1 Å². The maximum absolute atomic E-state index is 14.6. The summed E-state index contributed by atoms with van der Waals surface area (Å²) in [6.45, 7) is 9.94. The van der Waals surface area contributed by atoms with Crippen LogP contribution in [-0.4, -0.2) is 14.3 Å². The average molecular weight is 596 g/mol. The van der Waals surface area contributed by atoms with Crippen molar-refractivity contribution in [1.82, 2.24) is 9.78 Å². The number of alkyl halides is 3. The third kappa shape index (κ3) is 5.23. The Morgan fingerprint density at radius 3 is 2.25 bits per heavy atom. The van der Waals surface area contributed by atoms with Crippen LogP contribution in [0.5, 0.6) is 5.75 Å². The quantitative estimate of drug-likeness (QED) is 0.136. The van der Waals surface area contributed by atoms with Crippen molar-refractivity contribution >= 4 is 37.4 Å². The van der Waals surface area contributed by atoms with Gasteiger partial charge in [0.2, 0.25) is 0 Å². The molecule has 0 aliphatic carbocycles. The molecule has 0 saturated heterocycles. The molecule has 4 rings (SSSR count). The fraction of sp³-hybridized carbons (Fsp3) is 0.133. The monoisotopic (exact) mass is 596 g/mol. The van der Waals surface area contributed by atoms with Gasteiger partial charge in [0.1, 0.15) is 18.1 Å². The number of ether oxygens (including phenoxy) is 1. The van der Waals surface area contributed by atoms with Gasteiger partial charge < -0.3 is 4.74 Å². The van der Waals surface area contributed by atoms with Gasteiger partial charge in [0.15, 0.2) is 0 Å². The second-order valence-electron chi connectivity index (χ2n) is 8.08. The molecule has 0 atom stereocenters. The summed E-state index contributed by atoms with van der Waals surface area (Å²) >= 11 is -1.64. The molecule has 1 heterocycles. The first-order valence-corrected chi connectivity index (χ1v) is 14.1. The summed E-state index contributed by atoms with van der Waals surface area (Å²) in [6.07, 6.45) is 4.29. The van der Waals surface area contributed by atoms with Crippen molar-refractivity contribution in [2.45, 2.75) is 23.9 Å². The fourth-order valence-corrected chi connectivity index (χ4v) is 4.73. The molecule has 0 bridgehead atoms. The summed E-state index contributed by atoms with van der Waals surface area (Å²) in [6, 6.07) is 23.1. The number of para-hydroxylation sites is 1. The maximum Gasteiger partial charge on any atom is 0.334 e. The van der Waals surface area contributed by atoms with E-state index in [4.69, 9.17) is 4.74 Å². The normalized spacial score (nSPS) is 11.3. The van der Waals surface area contributed by atoms with Gasteiger partial charge >= 0.3 is 3.93 Å². The van der Waals surface area contributed by atoms with Crippen molar-refractivity contribution in [3.05, 3.63) is 114 Å². The highest BCUT2D eigenvalue weighted by molar-refractivity contribution is 14.2. The van der Waals surface area contributed by atoms with E-state index in [1.807, 2.05) is 54.6 Å². The van der Waals surface area contributed by atoms with Crippen LogP contribution in [0.3, 0.4) is 0 Å². The van der Waals surface area contributed by atoms with Gasteiger partial charge in [-0.1, -0.05) is 91.3 Å². The van der Waals surface area contributed by atoms with E-state index in [9.17, 15) is 8.78 Å². The van der Waals surface area contributed by atoms with E-state index in [2.05, 4.69) is 41.8 Å². The van der Waals surface area contributed by atoms with Crippen LogP contribution >= 0.6 is 20.7 Å². The van der Waals surface area contributed by atoms with Crippen molar-refractivity contribution in [3.8, 4) is 22.6 Å². The zero-order chi connectivity index (χ0) is 25.7. The summed E-state index contributed by atoms with van der Waals surface area (Å²) in [5.41, 5.74) is 5.91. The molecular weight excluding hydrogens is 569 g/mol. The van der Waals surface area contributed by atoms with E-state index in [1.165, 1.54) is 21.9 Å². The predicted molar refractivity (Wildman–Crippen MR) is 154 cm³/mol. The molecule has 0 aliphatic rings. The molecule has 184 valence electrons. The minimum absolute atomic E-state index is 0.0610. The van der Waals surface area contributed by atoms with E-state index in [0.717, 1.165) is 23.1 Å². The second kappa shape index (κ2) is 11.1. The molecule has 36 heavy (non-hydrogen) atoms.